The van der Waals surface area contributed by atoms with Gasteiger partial charge >= 0.3 is 5.95 Å². The van der Waals surface area contributed by atoms with Gasteiger partial charge in [-0.15, -0.1) is 0 Å². The molecule has 0 unspecified atom stereocenters. The van der Waals surface area contributed by atoms with Crippen molar-refractivity contribution in [2.24, 2.45) is 0 Å². The van der Waals surface area contributed by atoms with Crippen LogP contribution in [0.5, 0.6) is 0 Å². The second-order valence-electron chi connectivity index (χ2n) is 2.89. The third-order valence-corrected chi connectivity index (χ3v) is 1.80. The van der Waals surface area contributed by atoms with Crippen LogP contribution in [0.2, 0.25) is 0 Å². The van der Waals surface area contributed by atoms with Crippen LogP contribution in [0.1, 0.15) is 0 Å². The Morgan fingerprint density at radius 1 is 1.56 bits per heavy atom. The Bertz CT molecular complexity index is 354. The number of hydrogen-bond acceptors (Lipinski definition) is 7. The van der Waals surface area contributed by atoms with Crippen molar-refractivity contribution in [2.75, 3.05) is 13.2 Å². The van der Waals surface area contributed by atoms with E-state index in [1.54, 1.807) is 0 Å². The molecule has 0 aliphatic rings. The number of aliphatic hydroxyl groups excluding tert-OH is 3. The first kappa shape index (κ1) is 12.4. The van der Waals surface area contributed by atoms with E-state index in [2.05, 4.69) is 4.98 Å². The molecule has 9 heteroatoms. The van der Waals surface area contributed by atoms with Crippen LogP contribution in [0.15, 0.2) is 12.4 Å². The Balaban J connectivity index is 2.77. The Labute approximate surface area is 89.6 Å². The van der Waals surface area contributed by atoms with Crippen molar-refractivity contribution < 1.29 is 25.1 Å². The monoisotopic (exact) mass is 233 g/mol. The SMILES string of the molecule is O=[N+]([O-])c1nccn1O[C@@H](CO)[C@@H](O)CO. The Morgan fingerprint density at radius 3 is 2.75 bits per heavy atom. The predicted molar refractivity (Wildman–Crippen MR) is 49.4 cm³/mol. The van der Waals surface area contributed by atoms with Crippen LogP contribution in [0.4, 0.5) is 5.95 Å². The van der Waals surface area contributed by atoms with E-state index in [0.717, 1.165) is 12.4 Å². The second kappa shape index (κ2) is 5.39. The zero-order valence-corrected chi connectivity index (χ0v) is 8.13. The van der Waals surface area contributed by atoms with Gasteiger partial charge in [0.05, 0.1) is 13.2 Å². The number of nitrogens with zero attached hydrogens (tertiary/aromatic N) is 3. The molecule has 9 nitrogen and oxygen atoms in total. The summed E-state index contributed by atoms with van der Waals surface area (Å²) < 4.78 is 0.708. The summed E-state index contributed by atoms with van der Waals surface area (Å²) in [6.45, 7) is -1.23. The lowest BCUT2D eigenvalue weighted by atomic mass is 10.2. The molecule has 1 aromatic heterocycles. The van der Waals surface area contributed by atoms with E-state index in [9.17, 15) is 15.2 Å². The molecule has 0 saturated carbocycles. The van der Waals surface area contributed by atoms with Crippen molar-refractivity contribution >= 4 is 5.95 Å². The van der Waals surface area contributed by atoms with Crippen LogP contribution in [0.3, 0.4) is 0 Å². The summed E-state index contributed by atoms with van der Waals surface area (Å²) >= 11 is 0. The van der Waals surface area contributed by atoms with E-state index in [0.29, 0.717) is 4.73 Å². The van der Waals surface area contributed by atoms with Gasteiger partial charge in [-0.2, -0.15) is 0 Å². The van der Waals surface area contributed by atoms with E-state index < -0.39 is 36.3 Å². The number of imidazole rings is 1. The fourth-order valence-corrected chi connectivity index (χ4v) is 0.983. The van der Waals surface area contributed by atoms with Crippen LogP contribution in [0.25, 0.3) is 0 Å². The van der Waals surface area contributed by atoms with Gasteiger partial charge in [-0.25, -0.2) is 0 Å². The normalized spacial score (nSPS) is 14.4. The predicted octanol–water partition coefficient (Wildman–Crippen LogP) is -2.07. The second-order valence-corrected chi connectivity index (χ2v) is 2.89. The summed E-state index contributed by atoms with van der Waals surface area (Å²) in [6.07, 6.45) is -0.215. The van der Waals surface area contributed by atoms with Crippen LogP contribution in [-0.2, 0) is 0 Å². The molecule has 0 radical (unpaired) electrons. The summed E-state index contributed by atoms with van der Waals surface area (Å²) in [7, 11) is 0. The molecule has 3 N–H and O–H groups in total. The number of aromatic nitrogens is 2. The van der Waals surface area contributed by atoms with Gasteiger partial charge in [0.25, 0.3) is 0 Å². The summed E-state index contributed by atoms with van der Waals surface area (Å²) in [5.74, 6) is -0.580. The minimum absolute atomic E-state index is 0.580. The van der Waals surface area contributed by atoms with E-state index >= 15 is 0 Å². The molecule has 16 heavy (non-hydrogen) atoms. The average molecular weight is 233 g/mol. The highest BCUT2D eigenvalue weighted by atomic mass is 16.7. The quantitative estimate of drug-likeness (QED) is 0.380. The van der Waals surface area contributed by atoms with Gasteiger partial charge in [-0.3, -0.25) is 0 Å². The van der Waals surface area contributed by atoms with Gasteiger partial charge < -0.3 is 30.3 Å². The highest BCUT2D eigenvalue weighted by Crippen LogP contribution is 2.07. The minimum atomic E-state index is -1.34. The summed E-state index contributed by atoms with van der Waals surface area (Å²) in [5, 5.41) is 37.2. The standard InChI is InChI=1S/C7H11N3O6/c11-3-5(13)6(4-12)16-9-2-1-8-7(9)10(14)15/h1-2,5-6,11-13H,3-4H2/t5-,6-/m0/s1. The fraction of sp³-hybridized carbons (Fsp3) is 0.571. The van der Waals surface area contributed by atoms with Crippen molar-refractivity contribution in [3.8, 4) is 0 Å². The molecule has 0 aromatic carbocycles. The molecule has 90 valence electrons. The third-order valence-electron chi connectivity index (χ3n) is 1.80. The van der Waals surface area contributed by atoms with Crippen LogP contribution < -0.4 is 4.84 Å². The zero-order valence-electron chi connectivity index (χ0n) is 8.13. The molecule has 0 spiro atoms. The van der Waals surface area contributed by atoms with Crippen molar-refractivity contribution in [3.63, 3.8) is 0 Å². The summed E-state index contributed by atoms with van der Waals surface area (Å²) in [6, 6.07) is 0. The van der Waals surface area contributed by atoms with E-state index in [-0.39, 0.29) is 0 Å². The third kappa shape index (κ3) is 2.66. The molecule has 0 fully saturated rings. The number of hydrogen-bond donors (Lipinski definition) is 3. The van der Waals surface area contributed by atoms with E-state index in [4.69, 9.17) is 15.1 Å². The molecule has 2 atom stereocenters. The maximum Gasteiger partial charge on any atom is 0.471 e. The Morgan fingerprint density at radius 2 is 2.25 bits per heavy atom. The molecule has 0 amide bonds. The fourth-order valence-electron chi connectivity index (χ4n) is 0.983. The minimum Gasteiger partial charge on any atom is -0.394 e. The molecule has 0 bridgehead atoms. The lowest BCUT2D eigenvalue weighted by molar-refractivity contribution is -0.402. The van der Waals surface area contributed by atoms with Gasteiger partial charge in [0.2, 0.25) is 0 Å². The Kier molecular flexibility index (Phi) is 4.17. The zero-order chi connectivity index (χ0) is 12.1. The molecule has 1 heterocycles. The number of aliphatic hydroxyl groups is 3. The van der Waals surface area contributed by atoms with Crippen molar-refractivity contribution in [2.45, 2.75) is 12.2 Å². The van der Waals surface area contributed by atoms with Gasteiger partial charge in [0, 0.05) is 0 Å². The highest BCUT2D eigenvalue weighted by molar-refractivity contribution is 5.04. The highest BCUT2D eigenvalue weighted by Gasteiger charge is 2.25. The molecular formula is C7H11N3O6. The first-order valence-electron chi connectivity index (χ1n) is 4.34. The average Bonchev–Trinajstić information content (AvgIpc) is 2.72. The van der Waals surface area contributed by atoms with Crippen molar-refractivity contribution in [3.05, 3.63) is 22.5 Å². The maximum absolute atomic E-state index is 10.5. The molecule has 0 saturated heterocycles. The largest absolute Gasteiger partial charge is 0.471 e. The summed E-state index contributed by atoms with van der Waals surface area (Å²) in [5.41, 5.74) is 0. The topological polar surface area (TPSA) is 131 Å². The van der Waals surface area contributed by atoms with Crippen LogP contribution in [-0.4, -0.2) is 55.4 Å². The maximum atomic E-state index is 10.5. The lowest BCUT2D eigenvalue weighted by Crippen LogP contribution is -2.41. The molecular weight excluding hydrogens is 222 g/mol. The van der Waals surface area contributed by atoms with Gasteiger partial charge in [0.15, 0.2) is 6.10 Å². The van der Waals surface area contributed by atoms with Crippen LogP contribution in [0, 0.1) is 10.1 Å². The number of nitro groups is 1. The molecule has 0 aliphatic carbocycles. The molecule has 1 aromatic rings. The lowest BCUT2D eigenvalue weighted by Gasteiger charge is -2.17. The van der Waals surface area contributed by atoms with Gasteiger partial charge in [-0.1, -0.05) is 9.71 Å². The smallest absolute Gasteiger partial charge is 0.394 e. The first-order chi connectivity index (χ1) is 7.60. The van der Waals surface area contributed by atoms with Gasteiger partial charge in [0.1, 0.15) is 18.5 Å². The summed E-state index contributed by atoms with van der Waals surface area (Å²) in [4.78, 5) is 18.0. The van der Waals surface area contributed by atoms with E-state index in [1.807, 2.05) is 0 Å². The van der Waals surface area contributed by atoms with Crippen molar-refractivity contribution in [1.82, 2.24) is 9.71 Å². The molecule has 0 aliphatic heterocycles. The molecule has 1 rings (SSSR count). The first-order valence-corrected chi connectivity index (χ1v) is 4.34. The number of rotatable bonds is 6. The van der Waals surface area contributed by atoms with Crippen molar-refractivity contribution in [1.29, 1.82) is 0 Å². The van der Waals surface area contributed by atoms with Crippen LogP contribution >= 0.6 is 0 Å². The van der Waals surface area contributed by atoms with E-state index in [1.165, 1.54) is 0 Å². The van der Waals surface area contributed by atoms with Gasteiger partial charge in [-0.05, 0) is 4.92 Å². The Hall–Kier alpha value is -1.71.